The molecule has 1 aromatic carbocycles. The van der Waals surface area contributed by atoms with E-state index < -0.39 is 11.9 Å². The van der Waals surface area contributed by atoms with Gasteiger partial charge in [-0.15, -0.1) is 11.3 Å². The highest BCUT2D eigenvalue weighted by Crippen LogP contribution is 2.46. The summed E-state index contributed by atoms with van der Waals surface area (Å²) >= 11 is 4.97. The minimum absolute atomic E-state index is 0.110. The first kappa shape index (κ1) is 20.0. The number of ketones is 1. The first-order valence-electron chi connectivity index (χ1n) is 9.52. The number of carbonyl (C=O) groups excluding carboxylic acids is 3. The summed E-state index contributed by atoms with van der Waals surface area (Å²) in [5.41, 5.74) is 2.05. The van der Waals surface area contributed by atoms with Gasteiger partial charge in [-0.2, -0.15) is 0 Å². The maximum Gasteiger partial charge on any atom is 0.317 e. The Morgan fingerprint density at radius 3 is 2.76 bits per heavy atom. The first-order chi connectivity index (χ1) is 14.0. The number of esters is 1. The summed E-state index contributed by atoms with van der Waals surface area (Å²) in [6, 6.07) is 11.5. The van der Waals surface area contributed by atoms with Crippen LogP contribution in [0.2, 0.25) is 0 Å². The Bertz CT molecular complexity index is 998. The quantitative estimate of drug-likeness (QED) is 0.530. The number of carbonyl (C=O) groups is 3. The van der Waals surface area contributed by atoms with Crippen molar-refractivity contribution in [2.45, 2.75) is 31.6 Å². The Labute approximate surface area is 181 Å². The van der Waals surface area contributed by atoms with Gasteiger partial charge in [0.1, 0.15) is 5.92 Å². The number of ether oxygens (including phenoxy) is 1. The maximum atomic E-state index is 13.6. The Balaban J connectivity index is 1.82. The molecule has 1 N–H and O–H groups in total. The standard InChI is InChI=1S/C22H20BrNO4S/c1-2-28-22(27)20-15(17-7-4-8-29-17)10-16-19(21(20)26)14(11-18(25)24-16)12-5-3-6-13(23)9-12/h3-9,14-15,20H,2,10-11H2,1H3,(H,24,25)/t14-,15-,20-/m0/s1. The number of amides is 1. The first-order valence-corrected chi connectivity index (χ1v) is 11.2. The number of allylic oxidation sites excluding steroid dienone is 2. The van der Waals surface area contributed by atoms with Crippen LogP contribution in [0.15, 0.2) is 57.5 Å². The number of benzene rings is 1. The van der Waals surface area contributed by atoms with Gasteiger partial charge in [0.25, 0.3) is 0 Å². The molecule has 0 fully saturated rings. The van der Waals surface area contributed by atoms with E-state index in [0.29, 0.717) is 17.7 Å². The normalized spacial score (nSPS) is 24.1. The number of nitrogens with one attached hydrogen (secondary N) is 1. The molecule has 1 amide bonds. The van der Waals surface area contributed by atoms with Gasteiger partial charge in [-0.3, -0.25) is 14.4 Å². The van der Waals surface area contributed by atoms with Gasteiger partial charge in [-0.1, -0.05) is 34.1 Å². The Morgan fingerprint density at radius 2 is 2.07 bits per heavy atom. The number of hydrogen-bond donors (Lipinski definition) is 1. The second-order valence-electron chi connectivity index (χ2n) is 7.17. The molecule has 1 aromatic heterocycles. The van der Waals surface area contributed by atoms with Crippen LogP contribution in [0.25, 0.3) is 0 Å². The Hall–Kier alpha value is -2.25. The summed E-state index contributed by atoms with van der Waals surface area (Å²) in [6.45, 7) is 1.96. The maximum absolute atomic E-state index is 13.6. The van der Waals surface area contributed by atoms with E-state index in [2.05, 4.69) is 21.2 Å². The molecule has 0 bridgehead atoms. The van der Waals surface area contributed by atoms with Crippen LogP contribution >= 0.6 is 27.3 Å². The lowest BCUT2D eigenvalue weighted by Crippen LogP contribution is -2.44. The second kappa shape index (κ2) is 8.24. The molecule has 0 saturated carbocycles. The van der Waals surface area contributed by atoms with E-state index in [0.717, 1.165) is 14.9 Å². The zero-order chi connectivity index (χ0) is 20.5. The molecule has 0 saturated heterocycles. The number of hydrogen-bond acceptors (Lipinski definition) is 5. The zero-order valence-electron chi connectivity index (χ0n) is 15.8. The van der Waals surface area contributed by atoms with Crippen molar-refractivity contribution in [3.05, 3.63) is 68.0 Å². The lowest BCUT2D eigenvalue weighted by atomic mass is 9.69. The Morgan fingerprint density at radius 1 is 1.24 bits per heavy atom. The highest BCUT2D eigenvalue weighted by Gasteiger charge is 2.47. The number of rotatable bonds is 4. The fraction of sp³-hybridized carbons (Fsp3) is 0.318. The van der Waals surface area contributed by atoms with Crippen molar-refractivity contribution in [1.29, 1.82) is 0 Å². The summed E-state index contributed by atoms with van der Waals surface area (Å²) in [5.74, 6) is -2.44. The van der Waals surface area contributed by atoms with E-state index >= 15 is 0 Å². The highest BCUT2D eigenvalue weighted by atomic mass is 79.9. The summed E-state index contributed by atoms with van der Waals surface area (Å²) in [4.78, 5) is 39.8. The fourth-order valence-corrected chi connectivity index (χ4v) is 5.51. The third-order valence-corrected chi connectivity index (χ3v) is 6.93. The molecule has 7 heteroatoms. The number of thiophene rings is 1. The van der Waals surface area contributed by atoms with Crippen LogP contribution < -0.4 is 5.32 Å². The largest absolute Gasteiger partial charge is 0.465 e. The van der Waals surface area contributed by atoms with Gasteiger partial charge in [0.15, 0.2) is 5.78 Å². The van der Waals surface area contributed by atoms with Crippen LogP contribution in [-0.4, -0.2) is 24.3 Å². The summed E-state index contributed by atoms with van der Waals surface area (Å²) < 4.78 is 6.15. The van der Waals surface area contributed by atoms with Crippen molar-refractivity contribution in [3.8, 4) is 0 Å². The molecule has 0 unspecified atom stereocenters. The van der Waals surface area contributed by atoms with Crippen LogP contribution in [0.1, 0.15) is 42.0 Å². The lowest BCUT2D eigenvalue weighted by molar-refractivity contribution is -0.152. The molecule has 5 nitrogen and oxygen atoms in total. The topological polar surface area (TPSA) is 72.5 Å². The highest BCUT2D eigenvalue weighted by molar-refractivity contribution is 9.10. The average Bonchev–Trinajstić information content (AvgIpc) is 3.21. The van der Waals surface area contributed by atoms with E-state index in [4.69, 9.17) is 4.74 Å². The lowest BCUT2D eigenvalue weighted by Gasteiger charge is -2.37. The van der Waals surface area contributed by atoms with Crippen LogP contribution in [0.3, 0.4) is 0 Å². The summed E-state index contributed by atoms with van der Waals surface area (Å²) in [6.07, 6.45) is 0.613. The predicted molar refractivity (Wildman–Crippen MR) is 113 cm³/mol. The molecule has 2 heterocycles. The summed E-state index contributed by atoms with van der Waals surface area (Å²) in [7, 11) is 0. The van der Waals surface area contributed by atoms with Crippen LogP contribution in [-0.2, 0) is 19.1 Å². The molecular formula is C22H20BrNO4S. The summed E-state index contributed by atoms with van der Waals surface area (Å²) in [5, 5.41) is 4.83. The minimum atomic E-state index is -0.892. The van der Waals surface area contributed by atoms with E-state index in [-0.39, 0.29) is 36.6 Å². The Kier molecular flexibility index (Phi) is 5.69. The number of Topliss-reactive ketones (excluding diaryl/α,β-unsaturated/α-hetero) is 1. The van der Waals surface area contributed by atoms with Gasteiger partial charge in [-0.25, -0.2) is 0 Å². The molecule has 2 aromatic rings. The predicted octanol–water partition coefficient (Wildman–Crippen LogP) is 4.30. The number of halogens is 1. The van der Waals surface area contributed by atoms with E-state index in [1.807, 2.05) is 41.8 Å². The molecule has 1 aliphatic carbocycles. The molecule has 150 valence electrons. The van der Waals surface area contributed by atoms with E-state index in [9.17, 15) is 14.4 Å². The van der Waals surface area contributed by atoms with Gasteiger partial charge >= 0.3 is 5.97 Å². The smallest absolute Gasteiger partial charge is 0.317 e. The van der Waals surface area contributed by atoms with Crippen molar-refractivity contribution in [2.24, 2.45) is 5.92 Å². The monoisotopic (exact) mass is 473 g/mol. The minimum Gasteiger partial charge on any atom is -0.465 e. The van der Waals surface area contributed by atoms with Gasteiger partial charge in [0.2, 0.25) is 5.91 Å². The zero-order valence-corrected chi connectivity index (χ0v) is 18.2. The van der Waals surface area contributed by atoms with Crippen molar-refractivity contribution < 1.29 is 19.1 Å². The molecule has 4 rings (SSSR count). The molecule has 3 atom stereocenters. The average molecular weight is 474 g/mol. The van der Waals surface area contributed by atoms with E-state index in [1.165, 1.54) is 11.3 Å². The molecule has 0 radical (unpaired) electrons. The molecular weight excluding hydrogens is 454 g/mol. The van der Waals surface area contributed by atoms with Crippen LogP contribution in [0.4, 0.5) is 0 Å². The molecule has 0 spiro atoms. The third kappa shape index (κ3) is 3.81. The fourth-order valence-electron chi connectivity index (χ4n) is 4.23. The molecule has 1 aliphatic heterocycles. The van der Waals surface area contributed by atoms with E-state index in [1.54, 1.807) is 6.92 Å². The van der Waals surface area contributed by atoms with Crippen molar-refractivity contribution >= 4 is 44.9 Å². The van der Waals surface area contributed by atoms with Gasteiger partial charge in [0, 0.05) is 38.9 Å². The second-order valence-corrected chi connectivity index (χ2v) is 9.07. The van der Waals surface area contributed by atoms with Crippen molar-refractivity contribution in [1.82, 2.24) is 5.32 Å². The van der Waals surface area contributed by atoms with Crippen LogP contribution in [0, 0.1) is 5.92 Å². The van der Waals surface area contributed by atoms with Gasteiger partial charge in [0.05, 0.1) is 6.61 Å². The third-order valence-electron chi connectivity index (χ3n) is 5.43. The van der Waals surface area contributed by atoms with Crippen molar-refractivity contribution in [3.63, 3.8) is 0 Å². The molecule has 29 heavy (non-hydrogen) atoms. The molecule has 2 aliphatic rings. The van der Waals surface area contributed by atoms with Crippen LogP contribution in [0.5, 0.6) is 0 Å². The van der Waals surface area contributed by atoms with Gasteiger partial charge in [-0.05, 0) is 42.5 Å². The van der Waals surface area contributed by atoms with Gasteiger partial charge < -0.3 is 10.1 Å². The van der Waals surface area contributed by atoms with Crippen molar-refractivity contribution in [2.75, 3.05) is 6.61 Å². The SMILES string of the molecule is CCOC(=O)[C@@H]1C(=O)C2=C(C[C@H]1c1cccs1)NC(=O)C[C@H]2c1cccc(Br)c1.